The molecule has 2 radical (unpaired) electrons. The first-order valence-corrected chi connectivity index (χ1v) is 21.0. The zero-order valence-electron chi connectivity index (χ0n) is 26.3. The Labute approximate surface area is 242 Å². The van der Waals surface area contributed by atoms with E-state index in [1.54, 1.807) is 0 Å². The normalized spacial score (nSPS) is 22.8. The standard InChI is InChI=1S/C35H52N2Si2/c1-32(2,3)36-38(7,8)34(26-22-28-18-12-14-20-30(28)34)24-16-11-17-25-35(39(9,10)37-33(4,5)6)27-23-29-19-13-15-21-31(29)35/h12-15,18-23,36-37H,11,16-17,24-25H2,1-10H3. The molecule has 39 heavy (non-hydrogen) atoms. The number of hydrogen-bond donors (Lipinski definition) is 2. The first kappa shape index (κ1) is 30.2. The van der Waals surface area contributed by atoms with Gasteiger partial charge in [0.05, 0.1) is 0 Å². The Bertz CT molecular complexity index is 1130. The Morgan fingerprint density at radius 2 is 0.949 bits per heavy atom. The minimum Gasteiger partial charge on any atom is -0.332 e. The molecule has 2 unspecified atom stereocenters. The molecule has 2 atom stereocenters. The average molecular weight is 557 g/mol. The number of allylic oxidation sites excluding steroid dienone is 2. The molecule has 4 rings (SSSR count). The number of unbranched alkanes of at least 4 members (excludes halogenated alkanes) is 2. The van der Waals surface area contributed by atoms with Crippen molar-refractivity contribution < 1.29 is 0 Å². The van der Waals surface area contributed by atoms with E-state index in [0.29, 0.717) is 0 Å². The number of hydrogen-bond acceptors (Lipinski definition) is 2. The lowest BCUT2D eigenvalue weighted by atomic mass is 9.90. The average Bonchev–Trinajstić information content (AvgIpc) is 3.37. The van der Waals surface area contributed by atoms with Crippen molar-refractivity contribution in [1.29, 1.82) is 0 Å². The van der Waals surface area contributed by atoms with Gasteiger partial charge in [-0.1, -0.05) is 106 Å². The van der Waals surface area contributed by atoms with Crippen LogP contribution >= 0.6 is 0 Å². The zero-order chi connectivity index (χ0) is 28.7. The highest BCUT2D eigenvalue weighted by Crippen LogP contribution is 2.48. The molecule has 2 aromatic rings. The number of rotatable bonds is 10. The zero-order valence-corrected chi connectivity index (χ0v) is 28.3. The van der Waals surface area contributed by atoms with E-state index in [2.05, 4.69) is 151 Å². The Morgan fingerprint density at radius 1 is 0.590 bits per heavy atom. The van der Waals surface area contributed by atoms with Gasteiger partial charge >= 0.3 is 0 Å². The first-order chi connectivity index (χ1) is 18.0. The predicted octanol–water partition coefficient (Wildman–Crippen LogP) is 8.74. The lowest BCUT2D eigenvalue weighted by molar-refractivity contribution is 0.463. The van der Waals surface area contributed by atoms with Crippen molar-refractivity contribution in [2.75, 3.05) is 0 Å². The largest absolute Gasteiger partial charge is 0.332 e. The van der Waals surface area contributed by atoms with E-state index in [-0.39, 0.29) is 21.2 Å². The third kappa shape index (κ3) is 6.00. The number of benzene rings is 2. The van der Waals surface area contributed by atoms with Crippen LogP contribution in [0.2, 0.25) is 26.2 Å². The van der Waals surface area contributed by atoms with Crippen LogP contribution in [0.25, 0.3) is 12.2 Å². The molecular formula is C35H52N2Si2. The summed E-state index contributed by atoms with van der Waals surface area (Å²) in [5.41, 5.74) is 5.86. The second-order valence-electron chi connectivity index (χ2n) is 15.1. The highest BCUT2D eigenvalue weighted by Gasteiger charge is 2.52. The summed E-state index contributed by atoms with van der Waals surface area (Å²) in [7, 11) is -3.85. The molecule has 0 fully saturated rings. The summed E-state index contributed by atoms with van der Waals surface area (Å²) >= 11 is 0. The monoisotopic (exact) mass is 556 g/mol. The molecule has 2 aliphatic carbocycles. The van der Waals surface area contributed by atoms with E-state index >= 15 is 0 Å². The fourth-order valence-corrected chi connectivity index (χ4v) is 16.1. The summed E-state index contributed by atoms with van der Waals surface area (Å²) < 4.78 is 0. The van der Waals surface area contributed by atoms with E-state index in [1.165, 1.54) is 41.5 Å². The smallest absolute Gasteiger partial charge is 0.135 e. The quantitative estimate of drug-likeness (QED) is 0.226. The molecule has 0 bridgehead atoms. The molecule has 210 valence electrons. The van der Waals surface area contributed by atoms with Crippen molar-refractivity contribution in [3.63, 3.8) is 0 Å². The van der Waals surface area contributed by atoms with Crippen molar-refractivity contribution >= 4 is 28.6 Å². The van der Waals surface area contributed by atoms with Crippen molar-refractivity contribution in [2.45, 2.75) is 121 Å². The highest BCUT2D eigenvalue weighted by atomic mass is 28.3. The van der Waals surface area contributed by atoms with Crippen LogP contribution in [0.1, 0.15) is 95.9 Å². The van der Waals surface area contributed by atoms with Crippen LogP contribution in [0.3, 0.4) is 0 Å². The van der Waals surface area contributed by atoms with E-state index in [9.17, 15) is 0 Å². The van der Waals surface area contributed by atoms with Crippen LogP contribution in [-0.4, -0.2) is 27.5 Å². The molecule has 0 saturated carbocycles. The molecule has 0 saturated heterocycles. The van der Waals surface area contributed by atoms with Gasteiger partial charge in [0.2, 0.25) is 0 Å². The van der Waals surface area contributed by atoms with Gasteiger partial charge < -0.3 is 9.96 Å². The molecule has 0 amide bonds. The van der Waals surface area contributed by atoms with Gasteiger partial charge in [-0.05, 0) is 88.8 Å². The van der Waals surface area contributed by atoms with Crippen LogP contribution < -0.4 is 9.96 Å². The van der Waals surface area contributed by atoms with E-state index in [1.807, 2.05) is 0 Å². The van der Waals surface area contributed by atoms with Crippen LogP contribution in [0.15, 0.2) is 48.5 Å². The maximum absolute atomic E-state index is 4.10. The van der Waals surface area contributed by atoms with Gasteiger partial charge in [0.1, 0.15) is 16.5 Å². The van der Waals surface area contributed by atoms with E-state index < -0.39 is 16.5 Å². The summed E-state index contributed by atoms with van der Waals surface area (Å²) in [5.74, 6) is 0. The lowest BCUT2D eigenvalue weighted by Crippen LogP contribution is -2.65. The van der Waals surface area contributed by atoms with Crippen LogP contribution in [-0.2, 0) is 10.1 Å². The fraction of sp³-hybridized carbons (Fsp3) is 0.543. The summed E-state index contributed by atoms with van der Waals surface area (Å²) in [6, 6.07) is 18.0. The van der Waals surface area contributed by atoms with E-state index in [4.69, 9.17) is 0 Å². The topological polar surface area (TPSA) is 24.1 Å². The first-order valence-electron chi connectivity index (χ1n) is 15.0. The maximum atomic E-state index is 4.10. The van der Waals surface area contributed by atoms with Crippen LogP contribution in [0.5, 0.6) is 0 Å². The molecule has 2 aromatic carbocycles. The molecule has 0 aliphatic heterocycles. The molecule has 0 spiro atoms. The highest BCUT2D eigenvalue weighted by molar-refractivity contribution is 6.79. The molecule has 0 aromatic heterocycles. The third-order valence-corrected chi connectivity index (χ3v) is 17.2. The van der Waals surface area contributed by atoms with Gasteiger partial charge in [-0.3, -0.25) is 0 Å². The molecule has 2 N–H and O–H groups in total. The number of nitrogens with one attached hydrogen (secondary N) is 2. The van der Waals surface area contributed by atoms with Gasteiger partial charge in [0, 0.05) is 21.2 Å². The van der Waals surface area contributed by atoms with Gasteiger partial charge in [-0.15, -0.1) is 0 Å². The summed E-state index contributed by atoms with van der Waals surface area (Å²) in [4.78, 5) is 8.21. The van der Waals surface area contributed by atoms with E-state index in [0.717, 1.165) is 12.8 Å². The second kappa shape index (κ2) is 10.6. The third-order valence-electron chi connectivity index (χ3n) is 8.90. The molecule has 4 heteroatoms. The van der Waals surface area contributed by atoms with Crippen molar-refractivity contribution in [1.82, 2.24) is 9.96 Å². The Kier molecular flexibility index (Phi) is 8.21. The Balaban J connectivity index is 1.53. The van der Waals surface area contributed by atoms with Crippen molar-refractivity contribution in [3.8, 4) is 0 Å². The minimum atomic E-state index is -1.92. The van der Waals surface area contributed by atoms with Gasteiger partial charge in [0.25, 0.3) is 0 Å². The molecule has 0 heterocycles. The van der Waals surface area contributed by atoms with Crippen molar-refractivity contribution in [3.05, 3.63) is 82.9 Å². The lowest BCUT2D eigenvalue weighted by Gasteiger charge is -2.47. The van der Waals surface area contributed by atoms with Crippen LogP contribution in [0, 0.1) is 12.2 Å². The van der Waals surface area contributed by atoms with Crippen molar-refractivity contribution in [2.24, 2.45) is 0 Å². The summed E-state index contributed by atoms with van der Waals surface area (Å²) in [6.07, 6.45) is 18.4. The molecule has 2 nitrogen and oxygen atoms in total. The summed E-state index contributed by atoms with van der Waals surface area (Å²) in [6.45, 7) is 23.9. The summed E-state index contributed by atoms with van der Waals surface area (Å²) in [5, 5.41) is 0.00468. The molecule has 2 aliphatic rings. The van der Waals surface area contributed by atoms with Gasteiger partial charge in [-0.2, -0.15) is 0 Å². The Morgan fingerprint density at radius 3 is 1.31 bits per heavy atom. The number of fused-ring (bicyclic) bond motifs is 2. The molecular weight excluding hydrogens is 505 g/mol. The van der Waals surface area contributed by atoms with Crippen LogP contribution in [0.4, 0.5) is 0 Å². The maximum Gasteiger partial charge on any atom is 0.135 e. The second-order valence-corrected chi connectivity index (χ2v) is 23.8. The fourth-order valence-electron chi connectivity index (χ4n) is 7.70. The van der Waals surface area contributed by atoms with Gasteiger partial charge in [0.15, 0.2) is 0 Å². The predicted molar refractivity (Wildman–Crippen MR) is 175 cm³/mol. The minimum absolute atomic E-state index is 0.00234. The SMILES string of the molecule is CC(C)(C)N[Si](C)(C)C1(CCCCCC2([Si](C)(C)NC(C)(C)C)[C]=Cc3ccccc32)[C]=Cc2ccccc21. The van der Waals surface area contributed by atoms with Gasteiger partial charge in [-0.25, -0.2) is 0 Å². The Hall–Kier alpha value is -1.73.